The Bertz CT molecular complexity index is 1010. The predicted octanol–water partition coefficient (Wildman–Crippen LogP) is 1.40. The fraction of sp³-hybridized carbons (Fsp3) is 0.222. The van der Waals surface area contributed by atoms with Gasteiger partial charge in [-0.25, -0.2) is 14.3 Å². The van der Waals surface area contributed by atoms with Crippen LogP contribution < -0.4 is 4.90 Å². The lowest BCUT2D eigenvalue weighted by molar-refractivity contribution is -0.121. The van der Waals surface area contributed by atoms with Gasteiger partial charge in [-0.2, -0.15) is 15.3 Å². The quantitative estimate of drug-likeness (QED) is 0.480. The maximum atomic E-state index is 12.5. The van der Waals surface area contributed by atoms with Crippen LogP contribution in [0.4, 0.5) is 5.69 Å². The van der Waals surface area contributed by atoms with Gasteiger partial charge in [-0.3, -0.25) is 9.69 Å². The smallest absolute Gasteiger partial charge is 0.342 e. The van der Waals surface area contributed by atoms with Crippen LogP contribution in [0.3, 0.4) is 0 Å². The summed E-state index contributed by atoms with van der Waals surface area (Å²) in [5.41, 5.74) is 1.36. The van der Waals surface area contributed by atoms with Crippen molar-refractivity contribution in [1.82, 2.24) is 19.6 Å². The molecule has 9 nitrogen and oxygen atoms in total. The van der Waals surface area contributed by atoms with Crippen molar-refractivity contribution in [2.45, 2.75) is 13.3 Å². The van der Waals surface area contributed by atoms with E-state index < -0.39 is 18.5 Å². The van der Waals surface area contributed by atoms with Gasteiger partial charge in [-0.05, 0) is 18.6 Å². The summed E-state index contributed by atoms with van der Waals surface area (Å²) in [4.78, 5) is 34.2. The Kier molecular flexibility index (Phi) is 5.37. The third kappa shape index (κ3) is 3.74. The fourth-order valence-electron chi connectivity index (χ4n) is 2.62. The summed E-state index contributed by atoms with van der Waals surface area (Å²) >= 11 is 0. The van der Waals surface area contributed by atoms with Crippen LogP contribution in [-0.4, -0.2) is 44.6 Å². The van der Waals surface area contributed by atoms with Crippen molar-refractivity contribution in [1.29, 1.82) is 5.26 Å². The number of hydrogen-bond donors (Lipinski definition) is 0. The number of amides is 1. The van der Waals surface area contributed by atoms with Crippen LogP contribution in [0.1, 0.15) is 23.0 Å². The third-order valence-electron chi connectivity index (χ3n) is 3.88. The summed E-state index contributed by atoms with van der Waals surface area (Å²) < 4.78 is 6.63. The normalized spacial score (nSPS) is 10.4. The van der Waals surface area contributed by atoms with Crippen LogP contribution in [0.25, 0.3) is 5.78 Å². The Balaban J connectivity index is 1.75. The van der Waals surface area contributed by atoms with Crippen LogP contribution in [0.2, 0.25) is 0 Å². The van der Waals surface area contributed by atoms with Gasteiger partial charge in [-0.15, -0.1) is 0 Å². The molecule has 0 atom stereocenters. The lowest BCUT2D eigenvalue weighted by Crippen LogP contribution is -2.35. The molecule has 0 saturated heterocycles. The molecule has 3 aromatic rings. The zero-order valence-electron chi connectivity index (χ0n) is 14.6. The van der Waals surface area contributed by atoms with Gasteiger partial charge in [0.1, 0.15) is 12.9 Å². The first kappa shape index (κ1) is 18.0. The number of esters is 1. The molecule has 27 heavy (non-hydrogen) atoms. The molecular weight excluding hydrogens is 348 g/mol. The molecule has 0 bridgehead atoms. The number of hydrogen-bond acceptors (Lipinski definition) is 7. The largest absolute Gasteiger partial charge is 0.452 e. The Morgan fingerprint density at radius 3 is 2.74 bits per heavy atom. The molecule has 0 N–H and O–H groups in total. The summed E-state index contributed by atoms with van der Waals surface area (Å²) in [6, 6.07) is 10.7. The Morgan fingerprint density at radius 2 is 2.04 bits per heavy atom. The van der Waals surface area contributed by atoms with E-state index in [1.165, 1.54) is 21.9 Å². The third-order valence-corrected chi connectivity index (χ3v) is 3.88. The number of anilines is 1. The van der Waals surface area contributed by atoms with Crippen LogP contribution in [-0.2, 0) is 16.0 Å². The highest BCUT2D eigenvalue weighted by Crippen LogP contribution is 2.14. The number of carbonyl (C=O) groups is 2. The molecule has 2 heterocycles. The topological polar surface area (TPSA) is 113 Å². The van der Waals surface area contributed by atoms with Gasteiger partial charge in [0.2, 0.25) is 0 Å². The molecular formula is C18H16N6O3. The van der Waals surface area contributed by atoms with Crippen molar-refractivity contribution in [3.63, 3.8) is 0 Å². The van der Waals surface area contributed by atoms with Gasteiger partial charge in [0.15, 0.2) is 6.61 Å². The zero-order chi connectivity index (χ0) is 19.2. The summed E-state index contributed by atoms with van der Waals surface area (Å²) in [5.74, 6) is -0.803. The number of benzene rings is 1. The Hall–Kier alpha value is -3.80. The molecule has 0 unspecified atom stereocenters. The first-order chi connectivity index (χ1) is 13.2. The second-order valence-electron chi connectivity index (χ2n) is 5.49. The van der Waals surface area contributed by atoms with Gasteiger partial charge in [0, 0.05) is 11.9 Å². The average Bonchev–Trinajstić information content (AvgIpc) is 3.18. The summed E-state index contributed by atoms with van der Waals surface area (Å²) in [6.45, 7) is 1.23. The molecule has 0 radical (unpaired) electrons. The van der Waals surface area contributed by atoms with Crippen LogP contribution in [0.15, 0.2) is 42.9 Å². The van der Waals surface area contributed by atoms with Crippen LogP contribution in [0, 0.1) is 11.3 Å². The fourth-order valence-corrected chi connectivity index (χ4v) is 2.62. The standard InChI is InChI=1S/C18H16N6O3/c1-2-15-14(10-20-18-21-12-22-24(15)18)17(26)27-11-16(25)23(9-8-19)13-6-4-3-5-7-13/h3-7,10,12H,2,9,11H2,1H3. The second-order valence-corrected chi connectivity index (χ2v) is 5.49. The molecule has 1 aromatic carbocycles. The molecule has 0 aliphatic heterocycles. The van der Waals surface area contributed by atoms with E-state index in [0.29, 0.717) is 23.6 Å². The van der Waals surface area contributed by atoms with E-state index in [9.17, 15) is 9.59 Å². The second kappa shape index (κ2) is 8.05. The highest BCUT2D eigenvalue weighted by Gasteiger charge is 2.21. The van der Waals surface area contributed by atoms with Crippen LogP contribution >= 0.6 is 0 Å². The number of aromatic nitrogens is 4. The lowest BCUT2D eigenvalue weighted by Gasteiger charge is -2.19. The van der Waals surface area contributed by atoms with Gasteiger partial charge in [0.25, 0.3) is 11.7 Å². The number of fused-ring (bicyclic) bond motifs is 1. The van der Waals surface area contributed by atoms with Crippen LogP contribution in [0.5, 0.6) is 0 Å². The van der Waals surface area contributed by atoms with Crippen molar-refractivity contribution in [3.05, 3.63) is 54.1 Å². The van der Waals surface area contributed by atoms with Gasteiger partial charge >= 0.3 is 5.97 Å². The van der Waals surface area contributed by atoms with E-state index in [1.54, 1.807) is 30.3 Å². The molecule has 3 rings (SSSR count). The minimum atomic E-state index is -0.685. The van der Waals surface area contributed by atoms with E-state index >= 15 is 0 Å². The lowest BCUT2D eigenvalue weighted by atomic mass is 10.2. The maximum absolute atomic E-state index is 12.5. The van der Waals surface area contributed by atoms with Gasteiger partial charge < -0.3 is 4.74 Å². The number of para-hydroxylation sites is 1. The highest BCUT2D eigenvalue weighted by molar-refractivity contribution is 5.97. The van der Waals surface area contributed by atoms with Crippen molar-refractivity contribution >= 4 is 23.3 Å². The molecule has 9 heteroatoms. The van der Waals surface area contributed by atoms with E-state index in [-0.39, 0.29) is 12.1 Å². The SMILES string of the molecule is CCc1c(C(=O)OCC(=O)N(CC#N)c2ccccc2)cnc2ncnn12. The van der Waals surface area contributed by atoms with Crippen molar-refractivity contribution in [2.24, 2.45) is 0 Å². The predicted molar refractivity (Wildman–Crippen MR) is 94.9 cm³/mol. The average molecular weight is 364 g/mol. The molecule has 0 aliphatic carbocycles. The van der Waals surface area contributed by atoms with E-state index in [4.69, 9.17) is 10.00 Å². The van der Waals surface area contributed by atoms with Crippen molar-refractivity contribution in [3.8, 4) is 6.07 Å². The monoisotopic (exact) mass is 364 g/mol. The Morgan fingerprint density at radius 1 is 1.26 bits per heavy atom. The first-order valence-corrected chi connectivity index (χ1v) is 8.22. The minimum absolute atomic E-state index is 0.146. The number of nitrogens with zero attached hydrogens (tertiary/aromatic N) is 6. The van der Waals surface area contributed by atoms with Gasteiger partial charge in [-0.1, -0.05) is 25.1 Å². The maximum Gasteiger partial charge on any atom is 0.342 e. The summed E-state index contributed by atoms with van der Waals surface area (Å²) in [6.07, 6.45) is 3.21. The summed E-state index contributed by atoms with van der Waals surface area (Å²) in [7, 11) is 0. The Labute approximate surface area is 154 Å². The van der Waals surface area contributed by atoms with Gasteiger partial charge in [0.05, 0.1) is 17.3 Å². The molecule has 1 amide bonds. The minimum Gasteiger partial charge on any atom is -0.452 e. The van der Waals surface area contributed by atoms with Crippen molar-refractivity contribution < 1.29 is 14.3 Å². The molecule has 0 spiro atoms. The van der Waals surface area contributed by atoms with Crippen molar-refractivity contribution in [2.75, 3.05) is 18.1 Å². The highest BCUT2D eigenvalue weighted by atomic mass is 16.5. The van der Waals surface area contributed by atoms with E-state index in [1.807, 2.05) is 13.0 Å². The number of rotatable bonds is 6. The molecule has 2 aromatic heterocycles. The molecule has 0 fully saturated rings. The molecule has 0 aliphatic rings. The first-order valence-electron chi connectivity index (χ1n) is 8.22. The molecule has 136 valence electrons. The number of carbonyl (C=O) groups excluding carboxylic acids is 2. The van der Waals surface area contributed by atoms with E-state index in [0.717, 1.165) is 0 Å². The summed E-state index contributed by atoms with van der Waals surface area (Å²) in [5, 5.41) is 13.0. The molecule has 0 saturated carbocycles. The zero-order valence-corrected chi connectivity index (χ0v) is 14.6. The number of aryl methyl sites for hydroxylation is 1. The van der Waals surface area contributed by atoms with E-state index in [2.05, 4.69) is 15.1 Å². The number of nitriles is 1. The number of ether oxygens (including phenoxy) is 1.